The zero-order valence-electron chi connectivity index (χ0n) is 11.7. The van der Waals surface area contributed by atoms with Gasteiger partial charge in [-0.3, -0.25) is 0 Å². The van der Waals surface area contributed by atoms with Crippen LogP contribution in [-0.2, 0) is 0 Å². The molecule has 0 bridgehead atoms. The minimum Gasteiger partial charge on any atom is -0.366 e. The molecule has 0 aromatic heterocycles. The molecule has 1 fully saturated rings. The van der Waals surface area contributed by atoms with Crippen molar-refractivity contribution < 1.29 is 0 Å². The third-order valence-electron chi connectivity index (χ3n) is 4.01. The maximum absolute atomic E-state index is 5.56. The van der Waals surface area contributed by atoms with Gasteiger partial charge in [0.25, 0.3) is 0 Å². The van der Waals surface area contributed by atoms with E-state index in [9.17, 15) is 0 Å². The van der Waals surface area contributed by atoms with Gasteiger partial charge in [0.05, 0.1) is 4.99 Å². The van der Waals surface area contributed by atoms with Crippen molar-refractivity contribution in [3.8, 4) is 0 Å². The van der Waals surface area contributed by atoms with Crippen LogP contribution in [0, 0.1) is 0 Å². The molecule has 17 heavy (non-hydrogen) atoms. The molecule has 1 rings (SSSR count). The lowest BCUT2D eigenvalue weighted by molar-refractivity contribution is 0.278. The first-order chi connectivity index (χ1) is 8.25. The monoisotopic (exact) mass is 255 g/mol. The van der Waals surface area contributed by atoms with E-state index in [2.05, 4.69) is 18.9 Å². The van der Waals surface area contributed by atoms with Crippen LogP contribution in [0.4, 0.5) is 0 Å². The minimum absolute atomic E-state index is 0.742. The molecule has 0 atom stereocenters. The lowest BCUT2D eigenvalue weighted by atomic mass is 9.94. The van der Waals surface area contributed by atoms with Crippen LogP contribution in [0.15, 0.2) is 0 Å². The first-order valence-corrected chi connectivity index (χ1v) is 7.92. The van der Waals surface area contributed by atoms with Crippen LogP contribution in [0.25, 0.3) is 0 Å². The van der Waals surface area contributed by atoms with Gasteiger partial charge in [-0.05, 0) is 25.7 Å². The summed E-state index contributed by atoms with van der Waals surface area (Å²) in [6, 6.07) is 0.742. The molecule has 0 spiro atoms. The lowest BCUT2D eigenvalue weighted by Gasteiger charge is -2.33. The third kappa shape index (κ3) is 5.85. The molecule has 0 unspecified atom stereocenters. The molecule has 1 aliphatic rings. The van der Waals surface area contributed by atoms with Crippen molar-refractivity contribution >= 4 is 17.2 Å². The molecular weight excluding hydrogens is 226 g/mol. The van der Waals surface area contributed by atoms with E-state index in [0.717, 1.165) is 12.5 Å². The number of nitrogens with zero attached hydrogens (tertiary/aromatic N) is 1. The molecule has 0 N–H and O–H groups in total. The Morgan fingerprint density at radius 2 is 1.71 bits per heavy atom. The largest absolute Gasteiger partial charge is 0.366 e. The predicted molar refractivity (Wildman–Crippen MR) is 80.6 cm³/mol. The summed E-state index contributed by atoms with van der Waals surface area (Å²) in [5.74, 6) is 0. The molecule has 0 aliphatic heterocycles. The Morgan fingerprint density at radius 1 is 1.06 bits per heavy atom. The standard InChI is InChI=1S/C15H29NS/c1-3-4-5-6-10-13-15(17)16(2)14-11-8-7-9-12-14/h14H,3-13H2,1-2H3. The zero-order valence-corrected chi connectivity index (χ0v) is 12.5. The molecule has 2 heteroatoms. The Labute approximate surface area is 113 Å². The van der Waals surface area contributed by atoms with Gasteiger partial charge in [-0.15, -0.1) is 0 Å². The van der Waals surface area contributed by atoms with Crippen LogP contribution in [0.2, 0.25) is 0 Å². The maximum atomic E-state index is 5.56. The molecule has 1 aliphatic carbocycles. The summed E-state index contributed by atoms with van der Waals surface area (Å²) >= 11 is 5.56. The summed E-state index contributed by atoms with van der Waals surface area (Å²) < 4.78 is 0. The highest BCUT2D eigenvalue weighted by atomic mass is 32.1. The first-order valence-electron chi connectivity index (χ1n) is 7.51. The number of rotatable bonds is 7. The van der Waals surface area contributed by atoms with Crippen LogP contribution in [0.3, 0.4) is 0 Å². The van der Waals surface area contributed by atoms with Gasteiger partial charge in [0.2, 0.25) is 0 Å². The van der Waals surface area contributed by atoms with Crippen molar-refractivity contribution in [1.29, 1.82) is 0 Å². The van der Waals surface area contributed by atoms with Crippen LogP contribution < -0.4 is 0 Å². The number of hydrogen-bond donors (Lipinski definition) is 0. The summed E-state index contributed by atoms with van der Waals surface area (Å²) in [4.78, 5) is 3.60. The SMILES string of the molecule is CCCCCCCC(=S)N(C)C1CCCCC1. The highest BCUT2D eigenvalue weighted by Gasteiger charge is 2.19. The molecule has 0 aromatic rings. The van der Waals surface area contributed by atoms with E-state index in [1.165, 1.54) is 69.2 Å². The minimum atomic E-state index is 0.742. The van der Waals surface area contributed by atoms with E-state index >= 15 is 0 Å². The lowest BCUT2D eigenvalue weighted by Crippen LogP contribution is -2.37. The Bertz CT molecular complexity index is 209. The van der Waals surface area contributed by atoms with E-state index in [-0.39, 0.29) is 0 Å². The summed E-state index contributed by atoms with van der Waals surface area (Å²) in [6.07, 6.45) is 14.8. The summed E-state index contributed by atoms with van der Waals surface area (Å²) in [6.45, 7) is 2.27. The average molecular weight is 255 g/mol. The second-order valence-corrected chi connectivity index (χ2v) is 5.93. The molecule has 0 amide bonds. The van der Waals surface area contributed by atoms with Crippen molar-refractivity contribution in [1.82, 2.24) is 4.90 Å². The number of unbranched alkanes of at least 4 members (excludes halogenated alkanes) is 4. The van der Waals surface area contributed by atoms with Gasteiger partial charge in [0.15, 0.2) is 0 Å². The molecule has 0 aromatic carbocycles. The summed E-state index contributed by atoms with van der Waals surface area (Å²) in [5, 5.41) is 0. The number of thiocarbonyl (C=S) groups is 1. The third-order valence-corrected chi connectivity index (χ3v) is 4.50. The molecule has 0 radical (unpaired) electrons. The maximum Gasteiger partial charge on any atom is 0.0779 e. The van der Waals surface area contributed by atoms with Gasteiger partial charge in [-0.25, -0.2) is 0 Å². The van der Waals surface area contributed by atoms with Gasteiger partial charge in [-0.1, -0.05) is 64.1 Å². The van der Waals surface area contributed by atoms with Gasteiger partial charge >= 0.3 is 0 Å². The molecule has 100 valence electrons. The fraction of sp³-hybridized carbons (Fsp3) is 0.933. The van der Waals surface area contributed by atoms with Gasteiger partial charge in [-0.2, -0.15) is 0 Å². The van der Waals surface area contributed by atoms with Gasteiger partial charge in [0.1, 0.15) is 0 Å². The van der Waals surface area contributed by atoms with Crippen molar-refractivity contribution in [3.63, 3.8) is 0 Å². The van der Waals surface area contributed by atoms with Gasteiger partial charge < -0.3 is 4.90 Å². The quantitative estimate of drug-likeness (QED) is 0.468. The second kappa shape index (κ2) is 8.91. The van der Waals surface area contributed by atoms with E-state index in [1.54, 1.807) is 0 Å². The fourth-order valence-electron chi connectivity index (χ4n) is 2.73. The smallest absolute Gasteiger partial charge is 0.0779 e. The average Bonchev–Trinajstić information content (AvgIpc) is 2.38. The summed E-state index contributed by atoms with van der Waals surface area (Å²) in [5.41, 5.74) is 0. The van der Waals surface area contributed by atoms with E-state index in [4.69, 9.17) is 12.2 Å². The van der Waals surface area contributed by atoms with Crippen LogP contribution in [-0.4, -0.2) is 23.0 Å². The van der Waals surface area contributed by atoms with Crippen molar-refractivity contribution in [2.45, 2.75) is 83.6 Å². The molecule has 1 nitrogen and oxygen atoms in total. The van der Waals surface area contributed by atoms with Crippen LogP contribution in [0.1, 0.15) is 77.6 Å². The predicted octanol–water partition coefficient (Wildman–Crippen LogP) is 4.94. The topological polar surface area (TPSA) is 3.24 Å². The van der Waals surface area contributed by atoms with Gasteiger partial charge in [0, 0.05) is 13.1 Å². The van der Waals surface area contributed by atoms with E-state index in [0.29, 0.717) is 0 Å². The van der Waals surface area contributed by atoms with Crippen molar-refractivity contribution in [2.75, 3.05) is 7.05 Å². The number of hydrogen-bond acceptors (Lipinski definition) is 1. The summed E-state index contributed by atoms with van der Waals surface area (Å²) in [7, 11) is 2.21. The Balaban J connectivity index is 2.13. The van der Waals surface area contributed by atoms with Crippen molar-refractivity contribution in [3.05, 3.63) is 0 Å². The van der Waals surface area contributed by atoms with E-state index in [1.807, 2.05) is 0 Å². The molecule has 0 heterocycles. The Kier molecular flexibility index (Phi) is 7.83. The van der Waals surface area contributed by atoms with Crippen LogP contribution >= 0.6 is 12.2 Å². The Morgan fingerprint density at radius 3 is 2.35 bits per heavy atom. The molecule has 1 saturated carbocycles. The molecule has 0 saturated heterocycles. The van der Waals surface area contributed by atoms with Crippen LogP contribution in [0.5, 0.6) is 0 Å². The second-order valence-electron chi connectivity index (χ2n) is 5.46. The molecular formula is C15H29NS. The van der Waals surface area contributed by atoms with Crippen molar-refractivity contribution in [2.24, 2.45) is 0 Å². The highest BCUT2D eigenvalue weighted by molar-refractivity contribution is 7.80. The highest BCUT2D eigenvalue weighted by Crippen LogP contribution is 2.22. The fourth-order valence-corrected chi connectivity index (χ4v) is 3.02. The zero-order chi connectivity index (χ0) is 12.5. The van der Waals surface area contributed by atoms with E-state index < -0.39 is 0 Å². The Hall–Kier alpha value is -0.110. The first kappa shape index (κ1) is 14.9. The normalized spacial score (nSPS) is 17.1.